The summed E-state index contributed by atoms with van der Waals surface area (Å²) >= 11 is 0. The summed E-state index contributed by atoms with van der Waals surface area (Å²) in [5.41, 5.74) is 1.10. The van der Waals surface area contributed by atoms with Gasteiger partial charge in [0.25, 0.3) is 5.69 Å². The van der Waals surface area contributed by atoms with Gasteiger partial charge >= 0.3 is 0 Å². The van der Waals surface area contributed by atoms with Crippen molar-refractivity contribution in [2.45, 2.75) is 12.5 Å². The molecule has 6 heteroatoms. The number of nitrogens with zero attached hydrogens (tertiary/aromatic N) is 3. The van der Waals surface area contributed by atoms with Crippen LogP contribution in [0.1, 0.15) is 17.4 Å². The Labute approximate surface area is 110 Å². The monoisotopic (exact) mass is 258 g/mol. The first kappa shape index (κ1) is 13.1. The Bertz CT molecular complexity index is 542. The summed E-state index contributed by atoms with van der Waals surface area (Å²) < 4.78 is 0. The minimum absolute atomic E-state index is 0.0114. The van der Waals surface area contributed by atoms with Gasteiger partial charge in [0.1, 0.15) is 5.82 Å². The molecule has 1 N–H and O–H groups in total. The van der Waals surface area contributed by atoms with Gasteiger partial charge in [-0.25, -0.2) is 9.97 Å². The van der Waals surface area contributed by atoms with Crippen LogP contribution >= 0.6 is 0 Å². The molecule has 0 amide bonds. The second-order valence-electron chi connectivity index (χ2n) is 4.08. The molecule has 2 rings (SSSR count). The van der Waals surface area contributed by atoms with Gasteiger partial charge in [0.15, 0.2) is 0 Å². The van der Waals surface area contributed by atoms with Gasteiger partial charge in [0.2, 0.25) is 0 Å². The third-order valence-electron chi connectivity index (χ3n) is 2.83. The Morgan fingerprint density at radius 3 is 2.42 bits per heavy atom. The van der Waals surface area contributed by atoms with Crippen molar-refractivity contribution in [1.82, 2.24) is 15.3 Å². The number of nitro groups is 1. The van der Waals surface area contributed by atoms with Crippen molar-refractivity contribution in [1.29, 1.82) is 0 Å². The lowest BCUT2D eigenvalue weighted by Gasteiger charge is -2.14. The fourth-order valence-corrected chi connectivity index (χ4v) is 1.80. The number of likely N-dealkylation sites (N-methyl/N-ethyl adjacent to an activating group) is 1. The number of hydrogen-bond acceptors (Lipinski definition) is 5. The van der Waals surface area contributed by atoms with Gasteiger partial charge in [0.05, 0.1) is 11.0 Å². The van der Waals surface area contributed by atoms with Crippen molar-refractivity contribution in [2.75, 3.05) is 7.05 Å². The van der Waals surface area contributed by atoms with E-state index in [-0.39, 0.29) is 11.7 Å². The maximum atomic E-state index is 10.6. The van der Waals surface area contributed by atoms with E-state index in [2.05, 4.69) is 15.3 Å². The number of non-ortho nitro benzene ring substituents is 1. The Kier molecular flexibility index (Phi) is 4.15. The fourth-order valence-electron chi connectivity index (χ4n) is 1.80. The zero-order chi connectivity index (χ0) is 13.7. The predicted molar refractivity (Wildman–Crippen MR) is 70.6 cm³/mol. The van der Waals surface area contributed by atoms with E-state index in [1.54, 1.807) is 30.6 Å². The summed E-state index contributed by atoms with van der Waals surface area (Å²) in [6, 6.07) is 8.28. The van der Waals surface area contributed by atoms with Gasteiger partial charge in [-0.15, -0.1) is 0 Å². The average molecular weight is 258 g/mol. The minimum atomic E-state index is -0.403. The van der Waals surface area contributed by atoms with Crippen LogP contribution in [-0.4, -0.2) is 21.9 Å². The van der Waals surface area contributed by atoms with Gasteiger partial charge < -0.3 is 5.32 Å². The van der Waals surface area contributed by atoms with E-state index in [4.69, 9.17) is 0 Å². The van der Waals surface area contributed by atoms with Crippen LogP contribution < -0.4 is 5.32 Å². The third-order valence-corrected chi connectivity index (χ3v) is 2.83. The van der Waals surface area contributed by atoms with Gasteiger partial charge in [-0.05, 0) is 25.1 Å². The molecule has 1 aromatic heterocycles. The summed E-state index contributed by atoms with van der Waals surface area (Å²) in [5, 5.41) is 13.7. The van der Waals surface area contributed by atoms with E-state index >= 15 is 0 Å². The molecule has 0 saturated heterocycles. The molecular weight excluding hydrogens is 244 g/mol. The van der Waals surface area contributed by atoms with Gasteiger partial charge in [-0.2, -0.15) is 0 Å². The number of nitrogens with one attached hydrogen (secondary N) is 1. The molecule has 0 aliphatic carbocycles. The van der Waals surface area contributed by atoms with E-state index < -0.39 is 4.92 Å². The van der Waals surface area contributed by atoms with Gasteiger partial charge in [-0.3, -0.25) is 10.1 Å². The van der Waals surface area contributed by atoms with Crippen LogP contribution in [0.2, 0.25) is 0 Å². The number of benzene rings is 1. The van der Waals surface area contributed by atoms with E-state index in [9.17, 15) is 10.1 Å². The molecule has 0 aliphatic rings. The first-order valence-electron chi connectivity index (χ1n) is 5.88. The highest BCUT2D eigenvalue weighted by Crippen LogP contribution is 2.17. The molecule has 0 bridgehead atoms. The molecule has 2 aromatic rings. The lowest BCUT2D eigenvalue weighted by molar-refractivity contribution is -0.384. The van der Waals surface area contributed by atoms with Crippen LogP contribution in [0.4, 0.5) is 5.69 Å². The lowest BCUT2D eigenvalue weighted by atomic mass is 10.1. The maximum absolute atomic E-state index is 10.6. The molecule has 0 fully saturated rings. The van der Waals surface area contributed by atoms with Gasteiger partial charge in [-0.1, -0.05) is 12.1 Å². The third kappa shape index (κ3) is 3.32. The van der Waals surface area contributed by atoms with Crippen LogP contribution in [0.3, 0.4) is 0 Å². The van der Waals surface area contributed by atoms with Crippen LogP contribution in [0.15, 0.2) is 42.7 Å². The van der Waals surface area contributed by atoms with Crippen LogP contribution in [0, 0.1) is 10.1 Å². The minimum Gasteiger partial charge on any atom is -0.310 e. The topological polar surface area (TPSA) is 81.0 Å². The summed E-state index contributed by atoms with van der Waals surface area (Å²) in [6.07, 6.45) is 4.07. The second kappa shape index (κ2) is 6.01. The molecule has 19 heavy (non-hydrogen) atoms. The Morgan fingerprint density at radius 1 is 1.26 bits per heavy atom. The van der Waals surface area contributed by atoms with Crippen molar-refractivity contribution in [2.24, 2.45) is 0 Å². The number of hydrogen-bond donors (Lipinski definition) is 1. The standard InChI is InChI=1S/C13H14N4O2/c1-14-12(13-15-7-2-8-16-13)9-10-3-5-11(6-4-10)17(18)19/h2-8,12,14H,9H2,1H3. The molecular formula is C13H14N4O2. The van der Waals surface area contributed by atoms with Crippen LogP contribution in [0.5, 0.6) is 0 Å². The van der Waals surface area contributed by atoms with Crippen molar-refractivity contribution in [3.63, 3.8) is 0 Å². The normalized spacial score (nSPS) is 12.1. The second-order valence-corrected chi connectivity index (χ2v) is 4.08. The largest absolute Gasteiger partial charge is 0.310 e. The molecule has 1 heterocycles. The molecule has 6 nitrogen and oxygen atoms in total. The van der Waals surface area contributed by atoms with Crippen LogP contribution in [-0.2, 0) is 6.42 Å². The molecule has 0 aliphatic heterocycles. The SMILES string of the molecule is CNC(Cc1ccc([N+](=O)[O-])cc1)c1ncccn1. The maximum Gasteiger partial charge on any atom is 0.269 e. The molecule has 0 spiro atoms. The fraction of sp³-hybridized carbons (Fsp3) is 0.231. The Balaban J connectivity index is 2.12. The zero-order valence-electron chi connectivity index (χ0n) is 10.5. The summed E-state index contributed by atoms with van der Waals surface area (Å²) in [7, 11) is 1.84. The molecule has 0 saturated carbocycles. The molecule has 1 atom stereocenters. The van der Waals surface area contributed by atoms with Crippen LogP contribution in [0.25, 0.3) is 0 Å². The number of nitro benzene ring substituents is 1. The summed E-state index contributed by atoms with van der Waals surface area (Å²) in [4.78, 5) is 18.6. The molecule has 1 aromatic carbocycles. The first-order valence-corrected chi connectivity index (χ1v) is 5.88. The predicted octanol–water partition coefficient (Wildman–Crippen LogP) is 1.89. The summed E-state index contributed by atoms with van der Waals surface area (Å²) in [5.74, 6) is 0.711. The van der Waals surface area contributed by atoms with E-state index in [1.807, 2.05) is 7.05 Å². The highest BCUT2D eigenvalue weighted by atomic mass is 16.6. The van der Waals surface area contributed by atoms with Crippen molar-refractivity contribution in [3.8, 4) is 0 Å². The summed E-state index contributed by atoms with van der Waals surface area (Å²) in [6.45, 7) is 0. The molecule has 1 unspecified atom stereocenters. The quantitative estimate of drug-likeness (QED) is 0.654. The Hall–Kier alpha value is -2.34. The Morgan fingerprint density at radius 2 is 1.89 bits per heavy atom. The molecule has 0 radical (unpaired) electrons. The molecule has 98 valence electrons. The van der Waals surface area contributed by atoms with E-state index in [1.165, 1.54) is 12.1 Å². The zero-order valence-corrected chi connectivity index (χ0v) is 10.5. The van der Waals surface area contributed by atoms with E-state index in [0.29, 0.717) is 12.2 Å². The first-order chi connectivity index (χ1) is 9.20. The van der Waals surface area contributed by atoms with Crippen molar-refractivity contribution in [3.05, 3.63) is 64.2 Å². The van der Waals surface area contributed by atoms with Gasteiger partial charge in [0, 0.05) is 24.5 Å². The number of rotatable bonds is 5. The highest BCUT2D eigenvalue weighted by Gasteiger charge is 2.13. The highest BCUT2D eigenvalue weighted by molar-refractivity contribution is 5.33. The average Bonchev–Trinajstić information content (AvgIpc) is 2.46. The lowest BCUT2D eigenvalue weighted by Crippen LogP contribution is -2.21. The number of aromatic nitrogens is 2. The van der Waals surface area contributed by atoms with E-state index in [0.717, 1.165) is 5.56 Å². The van der Waals surface area contributed by atoms with Crippen molar-refractivity contribution >= 4 is 5.69 Å². The smallest absolute Gasteiger partial charge is 0.269 e. The van der Waals surface area contributed by atoms with Crippen molar-refractivity contribution < 1.29 is 4.92 Å².